The van der Waals surface area contributed by atoms with E-state index in [1.165, 1.54) is 11.8 Å². The van der Waals surface area contributed by atoms with Crippen molar-refractivity contribution < 1.29 is 17.9 Å². The van der Waals surface area contributed by atoms with Crippen LogP contribution in [0.4, 0.5) is 0 Å². The molecule has 25 heavy (non-hydrogen) atoms. The maximum absolute atomic E-state index is 11.9. The lowest BCUT2D eigenvalue weighted by molar-refractivity contribution is -0.144. The number of halogens is 1. The Labute approximate surface area is 154 Å². The molecule has 1 aromatic carbocycles. The molecule has 7 nitrogen and oxygen atoms in total. The third kappa shape index (κ3) is 4.34. The van der Waals surface area contributed by atoms with Crippen LogP contribution in [0.5, 0.6) is 0 Å². The van der Waals surface area contributed by atoms with Gasteiger partial charge in [0.1, 0.15) is 6.10 Å². The van der Waals surface area contributed by atoms with E-state index in [0.717, 1.165) is 5.56 Å². The van der Waals surface area contributed by atoms with Crippen molar-refractivity contribution in [2.45, 2.75) is 17.7 Å². The van der Waals surface area contributed by atoms with Crippen molar-refractivity contribution in [2.24, 2.45) is 7.05 Å². The van der Waals surface area contributed by atoms with Crippen LogP contribution in [0, 0.1) is 0 Å². The van der Waals surface area contributed by atoms with E-state index in [4.69, 9.17) is 16.3 Å². The summed E-state index contributed by atoms with van der Waals surface area (Å²) < 4.78 is 29.7. The molecule has 0 radical (unpaired) electrons. The van der Waals surface area contributed by atoms with Gasteiger partial charge in [-0.15, -0.1) is 10.2 Å². The molecule has 0 amide bonds. The topological polar surface area (TPSA) is 91.2 Å². The molecular formula is C15H16ClN3O4S2. The van der Waals surface area contributed by atoms with E-state index in [1.807, 2.05) is 18.2 Å². The van der Waals surface area contributed by atoms with Crippen molar-refractivity contribution in [1.82, 2.24) is 14.8 Å². The average Bonchev–Trinajstić information content (AvgIpc) is 3.08. The third-order valence-electron chi connectivity index (χ3n) is 3.76. The monoisotopic (exact) mass is 401 g/mol. The molecule has 1 fully saturated rings. The number of esters is 1. The van der Waals surface area contributed by atoms with Gasteiger partial charge in [0.15, 0.2) is 20.8 Å². The van der Waals surface area contributed by atoms with Crippen LogP contribution in [-0.2, 0) is 26.4 Å². The zero-order chi connectivity index (χ0) is 18.0. The maximum atomic E-state index is 11.9. The largest absolute Gasteiger partial charge is 0.461 e. The Bertz CT molecular complexity index is 898. The predicted octanol–water partition coefficient (Wildman–Crippen LogP) is 1.96. The van der Waals surface area contributed by atoms with Crippen LogP contribution in [0.2, 0.25) is 5.02 Å². The molecule has 0 aliphatic carbocycles. The molecule has 134 valence electrons. The van der Waals surface area contributed by atoms with Gasteiger partial charge in [-0.05, 0) is 18.6 Å². The van der Waals surface area contributed by atoms with Gasteiger partial charge in [-0.25, -0.2) is 8.42 Å². The number of hydrogen-bond donors (Lipinski definition) is 0. The number of rotatable bonds is 5. The average molecular weight is 402 g/mol. The fourth-order valence-corrected chi connectivity index (χ4v) is 5.02. The second kappa shape index (κ2) is 7.35. The van der Waals surface area contributed by atoms with Gasteiger partial charge in [0.25, 0.3) is 0 Å². The van der Waals surface area contributed by atoms with Crippen LogP contribution in [0.25, 0.3) is 11.4 Å². The summed E-state index contributed by atoms with van der Waals surface area (Å²) in [6.07, 6.45) is -0.185. The molecule has 0 N–H and O–H groups in total. The zero-order valence-corrected chi connectivity index (χ0v) is 15.8. The van der Waals surface area contributed by atoms with Crippen LogP contribution in [0.15, 0.2) is 29.4 Å². The first-order valence-corrected chi connectivity index (χ1v) is 10.7. The van der Waals surface area contributed by atoms with Crippen molar-refractivity contribution in [2.75, 3.05) is 17.3 Å². The molecule has 0 unspecified atom stereocenters. The lowest BCUT2D eigenvalue weighted by Crippen LogP contribution is -2.20. The van der Waals surface area contributed by atoms with Gasteiger partial charge < -0.3 is 9.30 Å². The van der Waals surface area contributed by atoms with Gasteiger partial charge in [-0.1, -0.05) is 35.5 Å². The highest BCUT2D eigenvalue weighted by Crippen LogP contribution is 2.28. The molecule has 1 atom stereocenters. The quantitative estimate of drug-likeness (QED) is 0.558. The normalized spacial score (nSPS) is 19.0. The highest BCUT2D eigenvalue weighted by Gasteiger charge is 2.30. The second-order valence-electron chi connectivity index (χ2n) is 5.65. The number of carbonyl (C=O) groups is 1. The Kier molecular flexibility index (Phi) is 5.35. The van der Waals surface area contributed by atoms with E-state index in [0.29, 0.717) is 22.4 Å². The van der Waals surface area contributed by atoms with Crippen molar-refractivity contribution in [3.63, 3.8) is 0 Å². The second-order valence-corrected chi connectivity index (χ2v) is 9.23. The summed E-state index contributed by atoms with van der Waals surface area (Å²) in [5, 5.41) is 9.31. The maximum Gasteiger partial charge on any atom is 0.316 e. The Morgan fingerprint density at radius 2 is 2.16 bits per heavy atom. The summed E-state index contributed by atoms with van der Waals surface area (Å²) in [5.74, 6) is 0.148. The SMILES string of the molecule is Cn1c(SCC(=O)O[C@@H]2CCS(=O)(=O)C2)nnc1-c1ccccc1Cl. The fourth-order valence-electron chi connectivity index (χ4n) is 2.51. The Balaban J connectivity index is 1.61. The van der Waals surface area contributed by atoms with Gasteiger partial charge in [-0.2, -0.15) is 0 Å². The summed E-state index contributed by atoms with van der Waals surface area (Å²) in [5.41, 5.74) is 0.754. The summed E-state index contributed by atoms with van der Waals surface area (Å²) in [6, 6.07) is 7.30. The van der Waals surface area contributed by atoms with Crippen molar-refractivity contribution in [1.29, 1.82) is 0 Å². The summed E-state index contributed by atoms with van der Waals surface area (Å²) in [6.45, 7) is 0. The van der Waals surface area contributed by atoms with E-state index >= 15 is 0 Å². The number of aromatic nitrogens is 3. The van der Waals surface area contributed by atoms with Gasteiger partial charge in [-0.3, -0.25) is 4.79 Å². The van der Waals surface area contributed by atoms with E-state index in [2.05, 4.69) is 10.2 Å². The summed E-state index contributed by atoms with van der Waals surface area (Å²) in [4.78, 5) is 11.9. The van der Waals surface area contributed by atoms with Gasteiger partial charge in [0.05, 0.1) is 22.3 Å². The number of thioether (sulfide) groups is 1. The molecule has 2 heterocycles. The molecule has 1 aliphatic rings. The first-order valence-electron chi connectivity index (χ1n) is 7.53. The molecule has 1 aromatic heterocycles. The smallest absolute Gasteiger partial charge is 0.316 e. The lowest BCUT2D eigenvalue weighted by Gasteiger charge is -2.09. The zero-order valence-electron chi connectivity index (χ0n) is 13.4. The van der Waals surface area contributed by atoms with Crippen molar-refractivity contribution in [3.8, 4) is 11.4 Å². The van der Waals surface area contributed by atoms with Gasteiger partial charge in [0.2, 0.25) is 0 Å². The molecule has 0 bridgehead atoms. The Morgan fingerprint density at radius 3 is 2.84 bits per heavy atom. The molecule has 2 aromatic rings. The standard InChI is InChI=1S/C15H16ClN3O4S2/c1-19-14(11-4-2-3-5-12(11)16)17-18-15(19)24-8-13(20)23-10-6-7-25(21,22)9-10/h2-5,10H,6-9H2,1H3/t10-/m1/s1. The van der Waals surface area contributed by atoms with Gasteiger partial charge in [0, 0.05) is 12.6 Å². The van der Waals surface area contributed by atoms with E-state index in [1.54, 1.807) is 17.7 Å². The van der Waals surface area contributed by atoms with Crippen LogP contribution in [-0.4, -0.2) is 52.5 Å². The number of hydrogen-bond acceptors (Lipinski definition) is 7. The number of carbonyl (C=O) groups excluding carboxylic acids is 1. The van der Waals surface area contributed by atoms with Crippen molar-refractivity contribution >= 4 is 39.2 Å². The Morgan fingerprint density at radius 1 is 1.40 bits per heavy atom. The van der Waals surface area contributed by atoms with Crippen LogP contribution >= 0.6 is 23.4 Å². The number of sulfone groups is 1. The van der Waals surface area contributed by atoms with Crippen molar-refractivity contribution in [3.05, 3.63) is 29.3 Å². The Hall–Kier alpha value is -1.58. The van der Waals surface area contributed by atoms with Crippen LogP contribution in [0.1, 0.15) is 6.42 Å². The highest BCUT2D eigenvalue weighted by atomic mass is 35.5. The van der Waals surface area contributed by atoms with E-state index in [9.17, 15) is 13.2 Å². The molecule has 0 spiro atoms. The summed E-state index contributed by atoms with van der Waals surface area (Å²) >= 11 is 7.36. The van der Waals surface area contributed by atoms with Gasteiger partial charge >= 0.3 is 5.97 Å². The van der Waals surface area contributed by atoms with E-state index < -0.39 is 21.9 Å². The van der Waals surface area contributed by atoms with Crippen LogP contribution < -0.4 is 0 Å². The minimum atomic E-state index is -3.07. The first-order chi connectivity index (χ1) is 11.9. The fraction of sp³-hybridized carbons (Fsp3) is 0.400. The third-order valence-corrected chi connectivity index (χ3v) is 6.82. The van der Waals surface area contributed by atoms with E-state index in [-0.39, 0.29) is 17.3 Å². The number of ether oxygens (including phenoxy) is 1. The summed E-state index contributed by atoms with van der Waals surface area (Å²) in [7, 11) is -1.28. The number of benzene rings is 1. The highest BCUT2D eigenvalue weighted by molar-refractivity contribution is 7.99. The molecule has 1 aliphatic heterocycles. The van der Waals surface area contributed by atoms with Crippen LogP contribution in [0.3, 0.4) is 0 Å². The lowest BCUT2D eigenvalue weighted by atomic mass is 10.2. The molecule has 10 heteroatoms. The molecular weight excluding hydrogens is 386 g/mol. The molecule has 0 saturated carbocycles. The molecule has 1 saturated heterocycles. The first kappa shape index (κ1) is 18.2. The minimum Gasteiger partial charge on any atom is -0.461 e. The predicted molar refractivity (Wildman–Crippen MR) is 95.3 cm³/mol. The molecule has 3 rings (SSSR count). The minimum absolute atomic E-state index is 0.0328. The number of nitrogens with zero attached hydrogens (tertiary/aromatic N) is 3.